The maximum Gasteiger partial charge on any atom is 0.261 e. The highest BCUT2D eigenvalue weighted by atomic mass is 28.4. The summed E-state index contributed by atoms with van der Waals surface area (Å²) in [5, 5.41) is 16.2. The quantitative estimate of drug-likeness (QED) is 0.0692. The van der Waals surface area contributed by atoms with E-state index in [1.807, 2.05) is 0 Å². The summed E-state index contributed by atoms with van der Waals surface area (Å²) in [6.07, 6.45) is 7.84. The summed E-state index contributed by atoms with van der Waals surface area (Å²) in [7, 11) is -5.85. The Morgan fingerprint density at radius 1 is 0.741 bits per heavy atom. The second-order valence-corrected chi connectivity index (χ2v) is 25.7. The van der Waals surface area contributed by atoms with Crippen molar-refractivity contribution in [1.82, 2.24) is 0 Å². The molecule has 1 fully saturated rings. The van der Waals surface area contributed by atoms with Gasteiger partial charge in [-0.3, -0.25) is 4.79 Å². The van der Waals surface area contributed by atoms with Crippen LogP contribution in [0.1, 0.15) is 87.0 Å². The molecule has 0 bridgehead atoms. The lowest BCUT2D eigenvalue weighted by atomic mass is 9.89. The van der Waals surface area contributed by atoms with Crippen LogP contribution in [0.25, 0.3) is 0 Å². The van der Waals surface area contributed by atoms with E-state index in [2.05, 4.69) is 182 Å². The first-order valence-corrected chi connectivity index (χ1v) is 23.8. The Bertz CT molecular complexity index is 1690. The molecule has 5 rings (SSSR count). The minimum atomic E-state index is -2.97. The lowest BCUT2D eigenvalue weighted by Gasteiger charge is -2.46. The zero-order chi connectivity index (χ0) is 39.0. The van der Waals surface area contributed by atoms with Gasteiger partial charge in [-0.15, -0.1) is 0 Å². The molecule has 0 aromatic heterocycles. The van der Waals surface area contributed by atoms with E-state index < -0.39 is 28.6 Å². The third kappa shape index (κ3) is 8.92. The molecule has 54 heavy (non-hydrogen) atoms. The Morgan fingerprint density at radius 2 is 1.17 bits per heavy atom. The fourth-order valence-electron chi connectivity index (χ4n) is 8.88. The van der Waals surface area contributed by atoms with Crippen LogP contribution in [-0.4, -0.2) is 46.0 Å². The highest BCUT2D eigenvalue weighted by molar-refractivity contribution is 7.00. The second kappa shape index (κ2) is 17.9. The SMILES string of the molecule is CCCCC[C@@H](C=CC1C(O[Si](c2ccccc2)(c2ccccc2)C(C)(C)C)CC(O)C1CC(N)=O)O[Si](c1ccccc1)(c1ccccc1)C(C)(C)C. The summed E-state index contributed by atoms with van der Waals surface area (Å²) in [6, 6.07) is 42.9. The monoisotopic (exact) mass is 761 g/mol. The number of nitrogens with two attached hydrogens (primary N) is 1. The Labute approximate surface area is 327 Å². The predicted octanol–water partition coefficient (Wildman–Crippen LogP) is 7.89. The predicted molar refractivity (Wildman–Crippen MR) is 230 cm³/mol. The molecule has 4 aromatic rings. The molecule has 1 saturated carbocycles. The Balaban J connectivity index is 1.63. The molecule has 1 aliphatic rings. The van der Waals surface area contributed by atoms with Crippen LogP contribution in [0.4, 0.5) is 0 Å². The van der Waals surface area contributed by atoms with Crippen LogP contribution < -0.4 is 26.5 Å². The summed E-state index contributed by atoms with van der Waals surface area (Å²) < 4.78 is 15.4. The molecular formula is C47H63NO4Si2. The van der Waals surface area contributed by atoms with E-state index in [4.69, 9.17) is 14.6 Å². The number of benzene rings is 4. The van der Waals surface area contributed by atoms with Crippen molar-refractivity contribution in [3.8, 4) is 0 Å². The third-order valence-corrected chi connectivity index (χ3v) is 21.6. The van der Waals surface area contributed by atoms with Crippen LogP contribution >= 0.6 is 0 Å². The van der Waals surface area contributed by atoms with E-state index in [-0.39, 0.29) is 40.5 Å². The van der Waals surface area contributed by atoms with Crippen molar-refractivity contribution in [3.05, 3.63) is 133 Å². The van der Waals surface area contributed by atoms with Gasteiger partial charge < -0.3 is 19.7 Å². The molecule has 3 N–H and O–H groups in total. The molecule has 0 radical (unpaired) electrons. The molecule has 0 heterocycles. The van der Waals surface area contributed by atoms with Crippen molar-refractivity contribution < 1.29 is 18.8 Å². The van der Waals surface area contributed by atoms with Gasteiger partial charge >= 0.3 is 0 Å². The number of primary amides is 1. The molecule has 0 spiro atoms. The van der Waals surface area contributed by atoms with E-state index in [0.29, 0.717) is 6.42 Å². The van der Waals surface area contributed by atoms with Crippen molar-refractivity contribution in [3.63, 3.8) is 0 Å². The number of aliphatic hydroxyl groups is 1. The summed E-state index contributed by atoms with van der Waals surface area (Å²) >= 11 is 0. The normalized spacial score (nSPS) is 20.3. The maximum absolute atomic E-state index is 12.6. The standard InChI is InChI=1S/C47H63NO4Si2/c1-8-9-14-23-36(51-53(46(2,3)4,37-24-15-10-16-25-37)38-26-17-11-18-27-38)32-33-41-42(34-45(48)50)43(49)35-44(41)52-54(47(5,6)7,39-28-19-12-20-29-39)40-30-21-13-22-31-40/h10-13,15-22,24-33,36,41-44,49H,8-9,14,23,34-35H2,1-7H3,(H2,48,50)/t36-,41?,42?,43?,44?/m0/s1. The lowest BCUT2D eigenvalue weighted by Crippen LogP contribution is -2.68. The van der Waals surface area contributed by atoms with Crippen molar-refractivity contribution in [1.29, 1.82) is 0 Å². The van der Waals surface area contributed by atoms with Gasteiger partial charge in [0.05, 0.1) is 18.3 Å². The van der Waals surface area contributed by atoms with Crippen LogP contribution in [0.2, 0.25) is 10.1 Å². The summed E-state index contributed by atoms with van der Waals surface area (Å²) in [5.41, 5.74) is 5.89. The first-order chi connectivity index (χ1) is 25.7. The largest absolute Gasteiger partial charge is 0.404 e. The molecule has 288 valence electrons. The summed E-state index contributed by atoms with van der Waals surface area (Å²) in [5.74, 6) is -1.02. The van der Waals surface area contributed by atoms with Gasteiger partial charge in [-0.1, -0.05) is 201 Å². The van der Waals surface area contributed by atoms with E-state index in [0.717, 1.165) is 25.7 Å². The number of rotatable bonds is 16. The number of carbonyl (C=O) groups excluding carboxylic acids is 1. The molecular weight excluding hydrogens is 699 g/mol. The topological polar surface area (TPSA) is 81.8 Å². The van der Waals surface area contributed by atoms with E-state index >= 15 is 0 Å². The van der Waals surface area contributed by atoms with E-state index in [9.17, 15) is 9.90 Å². The van der Waals surface area contributed by atoms with Crippen molar-refractivity contribution in [2.24, 2.45) is 17.6 Å². The van der Waals surface area contributed by atoms with Gasteiger partial charge in [-0.2, -0.15) is 0 Å². The highest BCUT2D eigenvalue weighted by Crippen LogP contribution is 2.45. The van der Waals surface area contributed by atoms with Crippen LogP contribution in [0.15, 0.2) is 133 Å². The van der Waals surface area contributed by atoms with E-state index in [1.165, 1.54) is 20.7 Å². The number of unbranched alkanes of at least 4 members (excludes halogenated alkanes) is 2. The molecule has 5 nitrogen and oxygen atoms in total. The Morgan fingerprint density at radius 3 is 1.56 bits per heavy atom. The minimum absolute atomic E-state index is 0.0901. The molecule has 4 unspecified atom stereocenters. The van der Waals surface area contributed by atoms with Gasteiger partial charge in [0.25, 0.3) is 16.6 Å². The molecule has 1 amide bonds. The molecule has 7 heteroatoms. The lowest BCUT2D eigenvalue weighted by molar-refractivity contribution is -0.119. The summed E-state index contributed by atoms with van der Waals surface area (Å²) in [6.45, 7) is 16.0. The molecule has 1 aliphatic carbocycles. The van der Waals surface area contributed by atoms with Gasteiger partial charge in [-0.25, -0.2) is 0 Å². The van der Waals surface area contributed by atoms with Gasteiger partial charge in [0.15, 0.2) is 0 Å². The second-order valence-electron chi connectivity index (χ2n) is 17.2. The number of hydrogen-bond donors (Lipinski definition) is 2. The van der Waals surface area contributed by atoms with Gasteiger partial charge in [0.1, 0.15) is 0 Å². The zero-order valence-electron chi connectivity index (χ0n) is 33.6. The van der Waals surface area contributed by atoms with Crippen LogP contribution in [0, 0.1) is 11.8 Å². The molecule has 0 saturated heterocycles. The van der Waals surface area contributed by atoms with Crippen LogP contribution in [0.3, 0.4) is 0 Å². The third-order valence-electron chi connectivity index (χ3n) is 11.5. The molecule has 0 aliphatic heterocycles. The van der Waals surface area contributed by atoms with Crippen LogP contribution in [0.5, 0.6) is 0 Å². The first-order valence-electron chi connectivity index (χ1n) is 20.0. The molecule has 4 aromatic carbocycles. The number of amides is 1. The van der Waals surface area contributed by atoms with Crippen molar-refractivity contribution in [2.75, 3.05) is 0 Å². The van der Waals surface area contributed by atoms with Crippen molar-refractivity contribution >= 4 is 43.3 Å². The number of hydrogen-bond acceptors (Lipinski definition) is 4. The van der Waals surface area contributed by atoms with Crippen LogP contribution in [-0.2, 0) is 13.6 Å². The first kappa shape index (κ1) is 41.6. The van der Waals surface area contributed by atoms with Gasteiger partial charge in [0, 0.05) is 18.3 Å². The van der Waals surface area contributed by atoms with E-state index in [1.54, 1.807) is 0 Å². The highest BCUT2D eigenvalue weighted by Gasteiger charge is 2.55. The average molecular weight is 762 g/mol. The average Bonchev–Trinajstić information content (AvgIpc) is 3.43. The minimum Gasteiger partial charge on any atom is -0.404 e. The zero-order valence-corrected chi connectivity index (χ0v) is 35.6. The maximum atomic E-state index is 12.6. The van der Waals surface area contributed by atoms with Gasteiger partial charge in [0.2, 0.25) is 5.91 Å². The fourth-order valence-corrected chi connectivity index (χ4v) is 18.3. The summed E-state index contributed by atoms with van der Waals surface area (Å²) in [4.78, 5) is 12.6. The fraction of sp³-hybridized carbons (Fsp3) is 0.426. The smallest absolute Gasteiger partial charge is 0.261 e. The Hall–Kier alpha value is -3.60. The molecule has 5 atom stereocenters. The Kier molecular flexibility index (Phi) is 13.8. The van der Waals surface area contributed by atoms with Crippen molar-refractivity contribution in [2.45, 2.75) is 115 Å². The number of carbonyl (C=O) groups is 1. The number of aliphatic hydroxyl groups excluding tert-OH is 1. The van der Waals surface area contributed by atoms with Gasteiger partial charge in [-0.05, 0) is 43.7 Å².